The van der Waals surface area contributed by atoms with E-state index < -0.39 is 0 Å². The van der Waals surface area contributed by atoms with E-state index in [-0.39, 0.29) is 0 Å². The highest BCUT2D eigenvalue weighted by molar-refractivity contribution is 7.80. The maximum atomic E-state index is 6.07. The van der Waals surface area contributed by atoms with Crippen LogP contribution < -0.4 is 0 Å². The van der Waals surface area contributed by atoms with Gasteiger partial charge in [0.25, 0.3) is 0 Å². The third-order valence-electron chi connectivity index (χ3n) is 2.06. The molecule has 0 saturated heterocycles. The van der Waals surface area contributed by atoms with Crippen molar-refractivity contribution < 1.29 is 0 Å². The van der Waals surface area contributed by atoms with Crippen molar-refractivity contribution in [3.63, 3.8) is 0 Å². The first-order valence-corrected chi connectivity index (χ1v) is 5.70. The number of rotatable bonds is 3. The molecule has 0 aliphatic carbocycles. The third-order valence-corrected chi connectivity index (χ3v) is 2.92. The second kappa shape index (κ2) is 5.47. The van der Waals surface area contributed by atoms with Crippen molar-refractivity contribution in [2.24, 2.45) is 0 Å². The lowest BCUT2D eigenvalue weighted by molar-refractivity contribution is 1.26. The molecule has 1 aromatic rings. The second-order valence-corrected chi connectivity index (χ2v) is 4.21. The monoisotopic (exact) mass is 226 g/mol. The lowest BCUT2D eigenvalue weighted by Crippen LogP contribution is -1.83. The summed E-state index contributed by atoms with van der Waals surface area (Å²) in [6.45, 7) is 4.07. The minimum atomic E-state index is 0.872. The van der Waals surface area contributed by atoms with Crippen LogP contribution in [0.2, 0.25) is 5.02 Å². The molecule has 0 nitrogen and oxygen atoms in total. The summed E-state index contributed by atoms with van der Waals surface area (Å²) in [7, 11) is 0. The van der Waals surface area contributed by atoms with Gasteiger partial charge in [-0.05, 0) is 42.7 Å². The van der Waals surface area contributed by atoms with Crippen LogP contribution >= 0.6 is 24.2 Å². The zero-order valence-electron chi connectivity index (χ0n) is 8.55. The second-order valence-electron chi connectivity index (χ2n) is 3.38. The van der Waals surface area contributed by atoms with Gasteiger partial charge in [0.1, 0.15) is 0 Å². The van der Waals surface area contributed by atoms with Gasteiger partial charge in [0.2, 0.25) is 0 Å². The Morgan fingerprint density at radius 3 is 2.36 bits per heavy atom. The molecule has 0 spiro atoms. The van der Waals surface area contributed by atoms with E-state index >= 15 is 0 Å². The molecule has 0 radical (unpaired) electrons. The number of halogens is 1. The smallest absolute Gasteiger partial charge is 0.0464 e. The fraction of sp³-hybridized carbons (Fsp3) is 0.333. The predicted octanol–water partition coefficient (Wildman–Crippen LogP) is 4.29. The van der Waals surface area contributed by atoms with Crippen molar-refractivity contribution >= 4 is 30.3 Å². The van der Waals surface area contributed by atoms with Crippen LogP contribution in [0.5, 0.6) is 0 Å². The Kier molecular flexibility index (Phi) is 4.56. The van der Waals surface area contributed by atoms with Gasteiger partial charge in [0, 0.05) is 5.02 Å². The molecular weight excluding hydrogens is 212 g/mol. The van der Waals surface area contributed by atoms with Crippen LogP contribution in [0, 0.1) is 13.8 Å². The molecule has 1 rings (SSSR count). The first kappa shape index (κ1) is 11.7. The zero-order valence-corrected chi connectivity index (χ0v) is 10.2. The summed E-state index contributed by atoms with van der Waals surface area (Å²) in [4.78, 5) is 0. The SMILES string of the molecule is Cc1cc(C=CCCS)cc(C)c1Cl. The van der Waals surface area contributed by atoms with Crippen molar-refractivity contribution in [3.05, 3.63) is 39.9 Å². The van der Waals surface area contributed by atoms with Gasteiger partial charge in [-0.15, -0.1) is 0 Å². The molecule has 0 saturated carbocycles. The summed E-state index contributed by atoms with van der Waals surface area (Å²) in [6, 6.07) is 4.20. The number of allylic oxidation sites excluding steroid dienone is 1. The topological polar surface area (TPSA) is 0 Å². The molecule has 0 bridgehead atoms. The minimum Gasteiger partial charge on any atom is -0.179 e. The van der Waals surface area contributed by atoms with E-state index in [2.05, 4.69) is 36.9 Å². The van der Waals surface area contributed by atoms with Gasteiger partial charge >= 0.3 is 0 Å². The molecule has 0 heterocycles. The summed E-state index contributed by atoms with van der Waals surface area (Å²) < 4.78 is 0. The largest absolute Gasteiger partial charge is 0.179 e. The number of aryl methyl sites for hydroxylation is 2. The van der Waals surface area contributed by atoms with Gasteiger partial charge in [0.05, 0.1) is 0 Å². The van der Waals surface area contributed by atoms with Gasteiger partial charge in [0.15, 0.2) is 0 Å². The van der Waals surface area contributed by atoms with E-state index in [1.807, 2.05) is 13.8 Å². The molecule has 0 atom stereocenters. The first-order chi connectivity index (χ1) is 6.65. The van der Waals surface area contributed by atoms with Crippen LogP contribution in [0.15, 0.2) is 18.2 Å². The van der Waals surface area contributed by atoms with Gasteiger partial charge < -0.3 is 0 Å². The van der Waals surface area contributed by atoms with Crippen molar-refractivity contribution in [2.45, 2.75) is 20.3 Å². The summed E-state index contributed by atoms with van der Waals surface area (Å²) >= 11 is 10.2. The van der Waals surface area contributed by atoms with Crippen LogP contribution in [0.25, 0.3) is 6.08 Å². The Bertz CT molecular complexity index is 319. The lowest BCUT2D eigenvalue weighted by atomic mass is 10.1. The fourth-order valence-electron chi connectivity index (χ4n) is 1.37. The lowest BCUT2D eigenvalue weighted by Gasteiger charge is -2.04. The maximum absolute atomic E-state index is 6.07. The Labute approximate surface area is 96.4 Å². The molecular formula is C12H15ClS. The minimum absolute atomic E-state index is 0.872. The van der Waals surface area contributed by atoms with Crippen molar-refractivity contribution in [1.29, 1.82) is 0 Å². The first-order valence-electron chi connectivity index (χ1n) is 4.69. The van der Waals surface area contributed by atoms with Crippen LogP contribution in [0.4, 0.5) is 0 Å². The summed E-state index contributed by atoms with van der Waals surface area (Å²) in [5, 5.41) is 0.872. The molecule has 0 aliphatic rings. The van der Waals surface area contributed by atoms with Crippen molar-refractivity contribution in [3.8, 4) is 0 Å². The average molecular weight is 227 g/mol. The number of benzene rings is 1. The summed E-state index contributed by atoms with van der Waals surface area (Å²) in [5.74, 6) is 0.891. The molecule has 0 amide bonds. The molecule has 0 N–H and O–H groups in total. The van der Waals surface area contributed by atoms with Crippen molar-refractivity contribution in [2.75, 3.05) is 5.75 Å². The molecule has 0 unspecified atom stereocenters. The molecule has 0 aromatic heterocycles. The highest BCUT2D eigenvalue weighted by Gasteiger charge is 1.99. The zero-order chi connectivity index (χ0) is 10.6. The normalized spacial score (nSPS) is 11.1. The molecule has 0 fully saturated rings. The van der Waals surface area contributed by atoms with Crippen LogP contribution in [-0.4, -0.2) is 5.75 Å². The molecule has 14 heavy (non-hydrogen) atoms. The Balaban J connectivity index is 2.89. The van der Waals surface area contributed by atoms with E-state index in [1.165, 1.54) is 5.56 Å². The van der Waals surface area contributed by atoms with E-state index in [9.17, 15) is 0 Å². The molecule has 1 aromatic carbocycles. The number of thiol groups is 1. The van der Waals surface area contributed by atoms with Crippen molar-refractivity contribution in [1.82, 2.24) is 0 Å². The standard InChI is InChI=1S/C12H15ClS/c1-9-7-11(5-3-4-6-14)8-10(2)12(9)13/h3,5,7-8,14H,4,6H2,1-2H3. The van der Waals surface area contributed by atoms with E-state index in [4.69, 9.17) is 11.6 Å². The van der Waals surface area contributed by atoms with Gasteiger partial charge in [-0.25, -0.2) is 0 Å². The Hall–Kier alpha value is -0.400. The van der Waals surface area contributed by atoms with E-state index in [0.717, 1.165) is 28.3 Å². The molecule has 0 aliphatic heterocycles. The highest BCUT2D eigenvalue weighted by Crippen LogP contribution is 2.22. The van der Waals surface area contributed by atoms with Crippen LogP contribution in [-0.2, 0) is 0 Å². The average Bonchev–Trinajstić information content (AvgIpc) is 2.14. The summed E-state index contributed by atoms with van der Waals surface area (Å²) in [5.41, 5.74) is 3.49. The molecule has 2 heteroatoms. The quantitative estimate of drug-likeness (QED) is 0.731. The van der Waals surface area contributed by atoms with Gasteiger partial charge in [-0.1, -0.05) is 35.9 Å². The van der Waals surface area contributed by atoms with E-state index in [0.29, 0.717) is 0 Å². The fourth-order valence-corrected chi connectivity index (χ4v) is 1.63. The van der Waals surface area contributed by atoms with E-state index in [1.54, 1.807) is 0 Å². The number of hydrogen-bond donors (Lipinski definition) is 1. The summed E-state index contributed by atoms with van der Waals surface area (Å²) in [6.07, 6.45) is 5.26. The van der Waals surface area contributed by atoms with Gasteiger partial charge in [-0.2, -0.15) is 12.6 Å². The maximum Gasteiger partial charge on any atom is 0.0464 e. The third kappa shape index (κ3) is 3.07. The Morgan fingerprint density at radius 2 is 1.86 bits per heavy atom. The number of hydrogen-bond acceptors (Lipinski definition) is 1. The van der Waals surface area contributed by atoms with Crippen LogP contribution in [0.1, 0.15) is 23.1 Å². The van der Waals surface area contributed by atoms with Gasteiger partial charge in [-0.3, -0.25) is 0 Å². The Morgan fingerprint density at radius 1 is 1.29 bits per heavy atom. The van der Waals surface area contributed by atoms with Crippen LogP contribution in [0.3, 0.4) is 0 Å². The highest BCUT2D eigenvalue weighted by atomic mass is 35.5. The predicted molar refractivity (Wildman–Crippen MR) is 68.4 cm³/mol. The molecule has 76 valence electrons.